The van der Waals surface area contributed by atoms with Gasteiger partial charge >= 0.3 is 0 Å². The molecule has 1 fully saturated rings. The number of anilines is 1. The number of benzene rings is 1. The van der Waals surface area contributed by atoms with E-state index in [1.54, 1.807) is 12.2 Å². The van der Waals surface area contributed by atoms with Crippen molar-refractivity contribution in [3.63, 3.8) is 0 Å². The largest absolute Gasteiger partial charge is 0.399 e. The number of amides is 1. The van der Waals surface area contributed by atoms with Gasteiger partial charge in [-0.05, 0) is 55.6 Å². The third kappa shape index (κ3) is 5.60. The average molecular weight is 287 g/mol. The van der Waals surface area contributed by atoms with Gasteiger partial charge in [0, 0.05) is 24.9 Å². The highest BCUT2D eigenvalue weighted by atomic mass is 16.1. The standard InChI is InChI=1S/C17H25N3O/c1-14(13-20-10-2-3-11-20)12-19-17(21)9-6-15-4-7-16(18)8-5-15/h4-9,14H,2-3,10-13,18H2,1H3,(H,19,21)/b9-6+. The van der Waals surface area contributed by atoms with Gasteiger partial charge in [0.15, 0.2) is 0 Å². The molecule has 0 aromatic heterocycles. The Morgan fingerprint density at radius 3 is 2.67 bits per heavy atom. The molecule has 2 rings (SSSR count). The molecule has 21 heavy (non-hydrogen) atoms. The fourth-order valence-electron chi connectivity index (χ4n) is 2.58. The highest BCUT2D eigenvalue weighted by Crippen LogP contribution is 2.10. The molecule has 0 aliphatic carbocycles. The Labute approximate surface area is 127 Å². The van der Waals surface area contributed by atoms with E-state index in [4.69, 9.17) is 5.73 Å². The summed E-state index contributed by atoms with van der Waals surface area (Å²) in [4.78, 5) is 14.3. The predicted molar refractivity (Wildman–Crippen MR) is 87.7 cm³/mol. The Kier molecular flexibility index (Phi) is 5.81. The van der Waals surface area contributed by atoms with Gasteiger partial charge in [-0.2, -0.15) is 0 Å². The fraction of sp³-hybridized carbons (Fsp3) is 0.471. The minimum Gasteiger partial charge on any atom is -0.399 e. The second-order valence-corrected chi connectivity index (χ2v) is 5.86. The SMILES string of the molecule is CC(CNC(=O)/C=C/c1ccc(N)cc1)CN1CCCC1. The molecule has 1 saturated heterocycles. The van der Waals surface area contributed by atoms with Crippen LogP contribution in [0, 0.1) is 5.92 Å². The van der Waals surface area contributed by atoms with E-state index in [0.717, 1.165) is 24.3 Å². The Bertz CT molecular complexity index is 475. The van der Waals surface area contributed by atoms with Crippen LogP contribution >= 0.6 is 0 Å². The maximum atomic E-state index is 11.8. The van der Waals surface area contributed by atoms with Crippen LogP contribution in [0.3, 0.4) is 0 Å². The van der Waals surface area contributed by atoms with Gasteiger partial charge in [0.25, 0.3) is 0 Å². The maximum absolute atomic E-state index is 11.8. The zero-order chi connectivity index (χ0) is 15.1. The fourth-order valence-corrected chi connectivity index (χ4v) is 2.58. The molecule has 0 saturated carbocycles. The molecule has 1 aliphatic heterocycles. The molecule has 1 aromatic rings. The minimum atomic E-state index is -0.0416. The van der Waals surface area contributed by atoms with Gasteiger partial charge in [-0.25, -0.2) is 0 Å². The first-order chi connectivity index (χ1) is 10.1. The van der Waals surface area contributed by atoms with E-state index >= 15 is 0 Å². The van der Waals surface area contributed by atoms with Gasteiger partial charge in [-0.3, -0.25) is 4.79 Å². The van der Waals surface area contributed by atoms with E-state index in [1.807, 2.05) is 24.3 Å². The number of nitrogens with two attached hydrogens (primary N) is 1. The van der Waals surface area contributed by atoms with Crippen LogP contribution < -0.4 is 11.1 Å². The quantitative estimate of drug-likeness (QED) is 0.622. The zero-order valence-corrected chi connectivity index (χ0v) is 12.7. The molecule has 1 unspecified atom stereocenters. The van der Waals surface area contributed by atoms with Crippen molar-refractivity contribution in [1.82, 2.24) is 10.2 Å². The molecule has 4 heteroatoms. The minimum absolute atomic E-state index is 0.0416. The van der Waals surface area contributed by atoms with Crippen LogP contribution in [0.25, 0.3) is 6.08 Å². The van der Waals surface area contributed by atoms with Crippen molar-refractivity contribution in [3.8, 4) is 0 Å². The molecule has 4 nitrogen and oxygen atoms in total. The molecular formula is C17H25N3O. The Balaban J connectivity index is 1.70. The molecule has 1 atom stereocenters. The molecule has 1 aliphatic rings. The Morgan fingerprint density at radius 1 is 1.33 bits per heavy atom. The van der Waals surface area contributed by atoms with Crippen molar-refractivity contribution in [2.75, 3.05) is 31.9 Å². The number of nitrogens with zero attached hydrogens (tertiary/aromatic N) is 1. The second kappa shape index (κ2) is 7.84. The lowest BCUT2D eigenvalue weighted by atomic mass is 10.1. The second-order valence-electron chi connectivity index (χ2n) is 5.86. The smallest absolute Gasteiger partial charge is 0.244 e. The van der Waals surface area contributed by atoms with Crippen LogP contribution in [0.4, 0.5) is 5.69 Å². The van der Waals surface area contributed by atoms with Crippen molar-refractivity contribution < 1.29 is 4.79 Å². The molecule has 1 heterocycles. The summed E-state index contributed by atoms with van der Waals surface area (Å²) in [5.74, 6) is 0.442. The third-order valence-electron chi connectivity index (χ3n) is 3.76. The molecular weight excluding hydrogens is 262 g/mol. The monoisotopic (exact) mass is 287 g/mol. The first-order valence-corrected chi connectivity index (χ1v) is 7.67. The first kappa shape index (κ1) is 15.6. The molecule has 0 bridgehead atoms. The first-order valence-electron chi connectivity index (χ1n) is 7.67. The number of carbonyl (C=O) groups excluding carboxylic acids is 1. The van der Waals surface area contributed by atoms with Crippen molar-refractivity contribution in [1.29, 1.82) is 0 Å². The number of nitrogens with one attached hydrogen (secondary N) is 1. The summed E-state index contributed by atoms with van der Waals surface area (Å²) in [6, 6.07) is 7.45. The molecule has 114 valence electrons. The summed E-state index contributed by atoms with van der Waals surface area (Å²) in [6.45, 7) is 6.39. The maximum Gasteiger partial charge on any atom is 0.244 e. The summed E-state index contributed by atoms with van der Waals surface area (Å²) in [7, 11) is 0. The van der Waals surface area contributed by atoms with Gasteiger partial charge in [0.1, 0.15) is 0 Å². The van der Waals surface area contributed by atoms with Crippen molar-refractivity contribution in [3.05, 3.63) is 35.9 Å². The highest BCUT2D eigenvalue weighted by molar-refractivity contribution is 5.91. The van der Waals surface area contributed by atoms with Crippen LogP contribution in [-0.4, -0.2) is 37.0 Å². The van der Waals surface area contributed by atoms with E-state index < -0.39 is 0 Å². The van der Waals surface area contributed by atoms with Gasteiger partial charge in [0.2, 0.25) is 5.91 Å². The lowest BCUT2D eigenvalue weighted by Gasteiger charge is -2.20. The Hall–Kier alpha value is -1.81. The molecule has 1 amide bonds. The summed E-state index contributed by atoms with van der Waals surface area (Å²) >= 11 is 0. The van der Waals surface area contributed by atoms with Crippen LogP contribution in [0.1, 0.15) is 25.3 Å². The van der Waals surface area contributed by atoms with E-state index in [0.29, 0.717) is 5.92 Å². The van der Waals surface area contributed by atoms with Crippen molar-refractivity contribution >= 4 is 17.7 Å². The topological polar surface area (TPSA) is 58.4 Å². The number of hydrogen-bond acceptors (Lipinski definition) is 3. The number of nitrogen functional groups attached to an aromatic ring is 1. The van der Waals surface area contributed by atoms with Gasteiger partial charge in [-0.1, -0.05) is 19.1 Å². The van der Waals surface area contributed by atoms with Crippen LogP contribution in [0.2, 0.25) is 0 Å². The molecule has 0 spiro atoms. The lowest BCUT2D eigenvalue weighted by molar-refractivity contribution is -0.116. The van der Waals surface area contributed by atoms with Gasteiger partial charge in [-0.15, -0.1) is 0 Å². The molecule has 1 aromatic carbocycles. The lowest BCUT2D eigenvalue weighted by Crippen LogP contribution is -2.33. The van der Waals surface area contributed by atoms with E-state index in [-0.39, 0.29) is 5.91 Å². The predicted octanol–water partition coefficient (Wildman–Crippen LogP) is 2.13. The Morgan fingerprint density at radius 2 is 2.00 bits per heavy atom. The third-order valence-corrected chi connectivity index (χ3v) is 3.76. The summed E-state index contributed by atoms with van der Waals surface area (Å²) in [5, 5.41) is 2.96. The summed E-state index contributed by atoms with van der Waals surface area (Å²) in [5.41, 5.74) is 7.33. The van der Waals surface area contributed by atoms with Crippen molar-refractivity contribution in [2.45, 2.75) is 19.8 Å². The van der Waals surface area contributed by atoms with E-state index in [9.17, 15) is 4.79 Å². The average Bonchev–Trinajstić information content (AvgIpc) is 2.97. The van der Waals surface area contributed by atoms with E-state index in [2.05, 4.69) is 17.1 Å². The van der Waals surface area contributed by atoms with Crippen molar-refractivity contribution in [2.24, 2.45) is 5.92 Å². The van der Waals surface area contributed by atoms with Crippen LogP contribution in [0.5, 0.6) is 0 Å². The van der Waals surface area contributed by atoms with Crippen LogP contribution in [0.15, 0.2) is 30.3 Å². The number of likely N-dealkylation sites (tertiary alicyclic amines) is 1. The molecule has 3 N–H and O–H groups in total. The normalized spacial score (nSPS) is 17.2. The number of rotatable bonds is 6. The van der Waals surface area contributed by atoms with Gasteiger partial charge in [0.05, 0.1) is 0 Å². The zero-order valence-electron chi connectivity index (χ0n) is 12.7. The molecule has 0 radical (unpaired) electrons. The number of hydrogen-bond donors (Lipinski definition) is 2. The summed E-state index contributed by atoms with van der Waals surface area (Å²) < 4.78 is 0. The van der Waals surface area contributed by atoms with Crippen LogP contribution in [-0.2, 0) is 4.79 Å². The van der Waals surface area contributed by atoms with Gasteiger partial charge < -0.3 is 16.0 Å². The number of carbonyl (C=O) groups is 1. The summed E-state index contributed by atoms with van der Waals surface area (Å²) in [6.07, 6.45) is 6.00. The highest BCUT2D eigenvalue weighted by Gasteiger charge is 2.14. The van der Waals surface area contributed by atoms with E-state index in [1.165, 1.54) is 25.9 Å².